The lowest BCUT2D eigenvalue weighted by atomic mass is 10.0. The summed E-state index contributed by atoms with van der Waals surface area (Å²) in [6, 6.07) is 11.5. The fourth-order valence-electron chi connectivity index (χ4n) is 3.19. The molecule has 3 aromatic rings. The van der Waals surface area contributed by atoms with E-state index < -0.39 is 17.9 Å². The van der Waals surface area contributed by atoms with Gasteiger partial charge in [-0.05, 0) is 29.8 Å². The van der Waals surface area contributed by atoms with E-state index in [0.717, 1.165) is 21.4 Å². The molecule has 0 saturated heterocycles. The van der Waals surface area contributed by atoms with Crippen LogP contribution in [-0.2, 0) is 16.0 Å². The highest BCUT2D eigenvalue weighted by Gasteiger charge is 2.24. The SMILES string of the molecule is O=C1CSc2ccc(C(=O)NC(Cc3c[nH]c4ccccc34)C(=O)O)cc2N1. The van der Waals surface area contributed by atoms with Crippen molar-refractivity contribution < 1.29 is 19.5 Å². The zero-order chi connectivity index (χ0) is 19.7. The minimum atomic E-state index is -1.11. The third kappa shape index (κ3) is 3.59. The number of fused-ring (bicyclic) bond motifs is 2. The van der Waals surface area contributed by atoms with Gasteiger partial charge in [-0.2, -0.15) is 0 Å². The fraction of sp³-hybridized carbons (Fsp3) is 0.150. The van der Waals surface area contributed by atoms with Crippen LogP contribution >= 0.6 is 11.8 Å². The van der Waals surface area contributed by atoms with Crippen LogP contribution in [0.25, 0.3) is 10.9 Å². The lowest BCUT2D eigenvalue weighted by Crippen LogP contribution is -2.42. The third-order valence-corrected chi connectivity index (χ3v) is 5.65. The van der Waals surface area contributed by atoms with Crippen molar-refractivity contribution in [3.05, 3.63) is 59.8 Å². The van der Waals surface area contributed by atoms with E-state index in [1.54, 1.807) is 24.4 Å². The molecule has 0 fully saturated rings. The molecule has 0 radical (unpaired) electrons. The Morgan fingerprint density at radius 3 is 2.86 bits per heavy atom. The van der Waals surface area contributed by atoms with Gasteiger partial charge in [0.2, 0.25) is 5.91 Å². The number of thioether (sulfide) groups is 1. The molecule has 1 aliphatic rings. The molecule has 8 heteroatoms. The molecule has 0 saturated carbocycles. The van der Waals surface area contributed by atoms with Gasteiger partial charge in [0, 0.05) is 34.0 Å². The second-order valence-corrected chi connectivity index (χ2v) is 7.49. The van der Waals surface area contributed by atoms with Gasteiger partial charge in [-0.3, -0.25) is 9.59 Å². The second kappa shape index (κ2) is 7.40. The van der Waals surface area contributed by atoms with Gasteiger partial charge in [0.25, 0.3) is 5.91 Å². The number of carboxylic acids is 1. The Kier molecular flexibility index (Phi) is 4.79. The van der Waals surface area contributed by atoms with Crippen molar-refractivity contribution in [3.8, 4) is 0 Å². The quantitative estimate of drug-likeness (QED) is 0.531. The maximum absolute atomic E-state index is 12.6. The Morgan fingerprint density at radius 1 is 1.21 bits per heavy atom. The monoisotopic (exact) mass is 395 g/mol. The van der Waals surface area contributed by atoms with Gasteiger partial charge >= 0.3 is 5.97 Å². The van der Waals surface area contributed by atoms with Crippen LogP contribution < -0.4 is 10.6 Å². The van der Waals surface area contributed by atoms with Crippen molar-refractivity contribution >= 4 is 46.1 Å². The molecule has 1 aliphatic heterocycles. The first-order valence-electron chi connectivity index (χ1n) is 8.66. The van der Waals surface area contributed by atoms with Gasteiger partial charge < -0.3 is 20.7 Å². The van der Waals surface area contributed by atoms with Crippen molar-refractivity contribution in [2.24, 2.45) is 0 Å². The standard InChI is InChI=1S/C20H17N3O4S/c24-18-10-28-17-6-5-11(7-15(17)22-18)19(25)23-16(20(26)27)8-12-9-21-14-4-2-1-3-13(12)14/h1-7,9,16,21H,8,10H2,(H,22,24)(H,23,25)(H,26,27). The zero-order valence-electron chi connectivity index (χ0n) is 14.7. The van der Waals surface area contributed by atoms with Crippen LogP contribution in [-0.4, -0.2) is 39.7 Å². The Morgan fingerprint density at radius 2 is 2.04 bits per heavy atom. The van der Waals surface area contributed by atoms with E-state index in [1.165, 1.54) is 11.8 Å². The summed E-state index contributed by atoms with van der Waals surface area (Å²) in [6.45, 7) is 0. The van der Waals surface area contributed by atoms with Crippen LogP contribution in [0.3, 0.4) is 0 Å². The number of aliphatic carboxylic acids is 1. The summed E-state index contributed by atoms with van der Waals surface area (Å²) in [6.07, 6.45) is 1.92. The van der Waals surface area contributed by atoms with E-state index in [9.17, 15) is 19.5 Å². The Bertz CT molecular complexity index is 1090. The highest BCUT2D eigenvalue weighted by molar-refractivity contribution is 8.00. The summed E-state index contributed by atoms with van der Waals surface area (Å²) < 4.78 is 0. The highest BCUT2D eigenvalue weighted by Crippen LogP contribution is 2.32. The number of carbonyl (C=O) groups excluding carboxylic acids is 2. The molecule has 0 bridgehead atoms. The Balaban J connectivity index is 1.53. The fourth-order valence-corrected chi connectivity index (χ4v) is 3.97. The van der Waals surface area contributed by atoms with Crippen LogP contribution in [0.15, 0.2) is 53.6 Å². The van der Waals surface area contributed by atoms with E-state index >= 15 is 0 Å². The number of amides is 2. The lowest BCUT2D eigenvalue weighted by molar-refractivity contribution is -0.139. The molecule has 1 unspecified atom stereocenters. The zero-order valence-corrected chi connectivity index (χ0v) is 15.5. The number of benzene rings is 2. The van der Waals surface area contributed by atoms with E-state index in [2.05, 4.69) is 15.6 Å². The molecule has 28 heavy (non-hydrogen) atoms. The molecule has 0 spiro atoms. The number of para-hydroxylation sites is 1. The summed E-state index contributed by atoms with van der Waals surface area (Å²) in [7, 11) is 0. The maximum atomic E-state index is 12.6. The average molecular weight is 395 g/mol. The number of hydrogen-bond acceptors (Lipinski definition) is 4. The third-order valence-electron chi connectivity index (χ3n) is 4.58. The number of carbonyl (C=O) groups is 3. The molecule has 4 rings (SSSR count). The smallest absolute Gasteiger partial charge is 0.326 e. The molecular weight excluding hydrogens is 378 g/mol. The van der Waals surface area contributed by atoms with Crippen LogP contribution in [0.1, 0.15) is 15.9 Å². The van der Waals surface area contributed by atoms with Crippen molar-refractivity contribution in [1.82, 2.24) is 10.3 Å². The number of anilines is 1. The normalized spacial score (nSPS) is 14.2. The van der Waals surface area contributed by atoms with Crippen LogP contribution in [0.4, 0.5) is 5.69 Å². The summed E-state index contributed by atoms with van der Waals surface area (Å²) in [5.41, 5.74) is 2.59. The molecule has 7 nitrogen and oxygen atoms in total. The van der Waals surface area contributed by atoms with Crippen molar-refractivity contribution in [2.75, 3.05) is 11.1 Å². The molecule has 142 valence electrons. The van der Waals surface area contributed by atoms with E-state index in [-0.39, 0.29) is 12.3 Å². The average Bonchev–Trinajstić information content (AvgIpc) is 3.09. The van der Waals surface area contributed by atoms with Crippen molar-refractivity contribution in [1.29, 1.82) is 0 Å². The molecule has 0 aliphatic carbocycles. The van der Waals surface area contributed by atoms with Gasteiger partial charge in [0.15, 0.2) is 0 Å². The van der Waals surface area contributed by atoms with Gasteiger partial charge in [0.1, 0.15) is 6.04 Å². The van der Waals surface area contributed by atoms with Gasteiger partial charge in [-0.25, -0.2) is 4.79 Å². The summed E-state index contributed by atoms with van der Waals surface area (Å²) >= 11 is 1.40. The lowest BCUT2D eigenvalue weighted by Gasteiger charge is -2.18. The van der Waals surface area contributed by atoms with Crippen LogP contribution in [0, 0.1) is 0 Å². The van der Waals surface area contributed by atoms with Gasteiger partial charge in [-0.1, -0.05) is 18.2 Å². The maximum Gasteiger partial charge on any atom is 0.326 e. The first-order chi connectivity index (χ1) is 13.5. The number of aromatic nitrogens is 1. The predicted octanol–water partition coefficient (Wildman–Crippen LogP) is 2.64. The Hall–Kier alpha value is -3.26. The number of aromatic amines is 1. The molecule has 2 aromatic carbocycles. The van der Waals surface area contributed by atoms with Crippen LogP contribution in [0.5, 0.6) is 0 Å². The minimum absolute atomic E-state index is 0.127. The molecule has 2 amide bonds. The predicted molar refractivity (Wildman–Crippen MR) is 107 cm³/mol. The van der Waals surface area contributed by atoms with Gasteiger partial charge in [0.05, 0.1) is 11.4 Å². The number of nitrogens with one attached hydrogen (secondary N) is 3. The second-order valence-electron chi connectivity index (χ2n) is 6.48. The Labute approximate surface area is 164 Å². The summed E-state index contributed by atoms with van der Waals surface area (Å²) in [5, 5.41) is 15.8. The number of H-pyrrole nitrogens is 1. The number of carboxylic acid groups (broad SMARTS) is 1. The van der Waals surface area contributed by atoms with E-state index in [4.69, 9.17) is 0 Å². The molecular formula is C20H17N3O4S. The molecule has 2 heterocycles. The topological polar surface area (TPSA) is 111 Å². The largest absolute Gasteiger partial charge is 0.480 e. The van der Waals surface area contributed by atoms with Gasteiger partial charge in [-0.15, -0.1) is 11.8 Å². The highest BCUT2D eigenvalue weighted by atomic mass is 32.2. The van der Waals surface area contributed by atoms with E-state index in [1.807, 2.05) is 24.3 Å². The number of rotatable bonds is 5. The molecule has 1 atom stereocenters. The first-order valence-corrected chi connectivity index (χ1v) is 9.65. The minimum Gasteiger partial charge on any atom is -0.480 e. The first kappa shape index (κ1) is 18.1. The van der Waals surface area contributed by atoms with Crippen LogP contribution in [0.2, 0.25) is 0 Å². The van der Waals surface area contributed by atoms with Crippen molar-refractivity contribution in [3.63, 3.8) is 0 Å². The molecule has 4 N–H and O–H groups in total. The molecule has 1 aromatic heterocycles. The van der Waals surface area contributed by atoms with Crippen molar-refractivity contribution in [2.45, 2.75) is 17.4 Å². The number of hydrogen-bond donors (Lipinski definition) is 4. The van der Waals surface area contributed by atoms with E-state index in [0.29, 0.717) is 17.0 Å². The summed E-state index contributed by atoms with van der Waals surface area (Å²) in [5.74, 6) is -1.40. The summed E-state index contributed by atoms with van der Waals surface area (Å²) in [4.78, 5) is 39.9.